The molecule has 2 amide bonds. The molecule has 0 saturated heterocycles. The van der Waals surface area contributed by atoms with Crippen LogP contribution in [-0.4, -0.2) is 47.1 Å². The first-order chi connectivity index (χ1) is 9.71. The van der Waals surface area contributed by atoms with Crippen molar-refractivity contribution in [1.82, 2.24) is 10.6 Å². The summed E-state index contributed by atoms with van der Waals surface area (Å²) < 4.78 is 42.5. The van der Waals surface area contributed by atoms with Gasteiger partial charge in [0.1, 0.15) is 5.60 Å². The van der Waals surface area contributed by atoms with Gasteiger partial charge in [-0.05, 0) is 34.6 Å². The van der Waals surface area contributed by atoms with Crippen molar-refractivity contribution in [3.05, 3.63) is 0 Å². The maximum atomic E-state index is 12.5. The topological polar surface area (TPSA) is 87.7 Å². The fourth-order valence-corrected chi connectivity index (χ4v) is 1.50. The smallest absolute Gasteiger partial charge is 0.407 e. The Morgan fingerprint density at radius 2 is 1.64 bits per heavy atom. The number of nitrogens with one attached hydrogen (secondary N) is 2. The summed E-state index contributed by atoms with van der Waals surface area (Å²) >= 11 is 0. The predicted octanol–water partition coefficient (Wildman–Crippen LogP) is 1.72. The molecule has 0 spiro atoms. The number of ether oxygens (including phenoxy) is 1. The minimum atomic E-state index is -4.67. The van der Waals surface area contributed by atoms with E-state index in [1.54, 1.807) is 13.8 Å². The summed E-state index contributed by atoms with van der Waals surface area (Å²) in [4.78, 5) is 23.2. The minimum absolute atomic E-state index is 0.366. The van der Waals surface area contributed by atoms with Gasteiger partial charge in [0.2, 0.25) is 0 Å². The second-order valence-corrected chi connectivity index (χ2v) is 6.18. The number of carbonyl (C=O) groups is 2. The van der Waals surface area contributed by atoms with E-state index in [0.29, 0.717) is 0 Å². The molecule has 2 atom stereocenters. The lowest BCUT2D eigenvalue weighted by Crippen LogP contribution is -2.53. The molecule has 0 aliphatic carbocycles. The Balaban J connectivity index is 4.97. The molecule has 0 aliphatic rings. The molecule has 0 saturated carbocycles. The van der Waals surface area contributed by atoms with Crippen LogP contribution in [0.2, 0.25) is 0 Å². The number of hydrogen-bond acceptors (Lipinski definition) is 4. The molecule has 130 valence electrons. The predicted molar refractivity (Wildman–Crippen MR) is 73.1 cm³/mol. The van der Waals surface area contributed by atoms with Crippen molar-refractivity contribution in [2.45, 2.75) is 71.0 Å². The van der Waals surface area contributed by atoms with Gasteiger partial charge in [0, 0.05) is 6.04 Å². The first-order valence-corrected chi connectivity index (χ1v) is 6.76. The maximum Gasteiger partial charge on any atom is 0.407 e. The number of carbonyl (C=O) groups excluding carboxylic acids is 2. The van der Waals surface area contributed by atoms with Crippen LogP contribution in [0, 0.1) is 0 Å². The molecule has 0 aromatic rings. The van der Waals surface area contributed by atoms with Gasteiger partial charge in [-0.3, -0.25) is 4.79 Å². The molecule has 0 heterocycles. The van der Waals surface area contributed by atoms with Gasteiger partial charge in [0.05, 0.1) is 12.5 Å². The van der Waals surface area contributed by atoms with E-state index in [2.05, 4.69) is 5.32 Å². The Labute approximate surface area is 127 Å². The summed E-state index contributed by atoms with van der Waals surface area (Å²) in [6.07, 6.45) is -9.41. The number of halogens is 3. The van der Waals surface area contributed by atoms with E-state index in [-0.39, 0.29) is 6.04 Å². The van der Waals surface area contributed by atoms with Crippen molar-refractivity contribution >= 4 is 12.0 Å². The van der Waals surface area contributed by atoms with Crippen LogP contribution in [0.15, 0.2) is 0 Å². The molecule has 0 aromatic carbocycles. The van der Waals surface area contributed by atoms with E-state index >= 15 is 0 Å². The maximum absolute atomic E-state index is 12.5. The molecular weight excluding hydrogens is 305 g/mol. The van der Waals surface area contributed by atoms with E-state index in [0.717, 1.165) is 0 Å². The number of alkyl halides is 3. The molecular formula is C13H23F3N2O4. The molecule has 0 fully saturated rings. The third kappa shape index (κ3) is 9.43. The molecule has 9 heteroatoms. The minimum Gasteiger partial charge on any atom is -0.444 e. The second kappa shape index (κ2) is 7.66. The lowest BCUT2D eigenvalue weighted by molar-refractivity contribution is -0.151. The zero-order valence-corrected chi connectivity index (χ0v) is 13.2. The molecule has 6 nitrogen and oxygen atoms in total. The summed E-state index contributed by atoms with van der Waals surface area (Å²) in [6.45, 7) is 7.78. The van der Waals surface area contributed by atoms with Crippen molar-refractivity contribution in [1.29, 1.82) is 0 Å². The van der Waals surface area contributed by atoms with Crippen LogP contribution in [0.25, 0.3) is 0 Å². The monoisotopic (exact) mass is 328 g/mol. The van der Waals surface area contributed by atoms with Crippen LogP contribution in [0.4, 0.5) is 18.0 Å². The third-order valence-corrected chi connectivity index (χ3v) is 2.23. The van der Waals surface area contributed by atoms with Crippen LogP contribution in [-0.2, 0) is 9.53 Å². The molecule has 3 N–H and O–H groups in total. The van der Waals surface area contributed by atoms with Gasteiger partial charge in [0.25, 0.3) is 5.91 Å². The first-order valence-electron chi connectivity index (χ1n) is 6.76. The number of rotatable bonds is 5. The molecule has 0 rings (SSSR count). The van der Waals surface area contributed by atoms with Crippen molar-refractivity contribution in [2.24, 2.45) is 0 Å². The van der Waals surface area contributed by atoms with Gasteiger partial charge < -0.3 is 20.5 Å². The quantitative estimate of drug-likeness (QED) is 0.717. The Bertz CT molecular complexity index is 392. The number of hydrogen-bond donors (Lipinski definition) is 3. The summed E-state index contributed by atoms with van der Waals surface area (Å²) in [5.74, 6) is -1.000. The highest BCUT2D eigenvalue weighted by Gasteiger charge is 2.39. The third-order valence-electron chi connectivity index (χ3n) is 2.23. The van der Waals surface area contributed by atoms with Crippen molar-refractivity contribution in [2.75, 3.05) is 0 Å². The van der Waals surface area contributed by atoms with Gasteiger partial charge in [-0.1, -0.05) is 0 Å². The molecule has 0 aliphatic heterocycles. The summed E-state index contributed by atoms with van der Waals surface area (Å²) in [5.41, 5.74) is -0.919. The highest BCUT2D eigenvalue weighted by atomic mass is 19.4. The van der Waals surface area contributed by atoms with Crippen molar-refractivity contribution in [3.63, 3.8) is 0 Å². The standard InChI is InChI=1S/C13H23F3N2O4/c1-7(2)17-10(20)9(19)8(6-13(14,15)16)18-11(21)22-12(3,4)5/h7-9,19H,6H2,1-5H3,(H,17,20)(H,18,21). The molecule has 0 aromatic heterocycles. The highest BCUT2D eigenvalue weighted by Crippen LogP contribution is 2.23. The van der Waals surface area contributed by atoms with E-state index in [9.17, 15) is 27.9 Å². The van der Waals surface area contributed by atoms with E-state index in [1.807, 2.05) is 5.32 Å². The SMILES string of the molecule is CC(C)NC(=O)C(O)C(CC(F)(F)F)NC(=O)OC(C)(C)C. The number of aliphatic hydroxyl groups excluding tert-OH is 1. The van der Waals surface area contributed by atoms with E-state index in [4.69, 9.17) is 4.74 Å². The normalized spacial score (nSPS) is 15.2. The van der Waals surface area contributed by atoms with Gasteiger partial charge >= 0.3 is 12.3 Å². The van der Waals surface area contributed by atoms with Crippen LogP contribution >= 0.6 is 0 Å². The molecule has 22 heavy (non-hydrogen) atoms. The Morgan fingerprint density at radius 1 is 1.14 bits per heavy atom. The van der Waals surface area contributed by atoms with Crippen LogP contribution < -0.4 is 10.6 Å². The molecule has 0 radical (unpaired) electrons. The van der Waals surface area contributed by atoms with Gasteiger partial charge in [-0.2, -0.15) is 13.2 Å². The number of aliphatic hydroxyl groups is 1. The average molecular weight is 328 g/mol. The first kappa shape index (κ1) is 20.5. The Morgan fingerprint density at radius 3 is 2.00 bits per heavy atom. The van der Waals surface area contributed by atoms with Crippen LogP contribution in [0.1, 0.15) is 41.0 Å². The number of alkyl carbamates (subject to hydrolysis) is 1. The zero-order valence-electron chi connectivity index (χ0n) is 13.2. The fourth-order valence-electron chi connectivity index (χ4n) is 1.50. The number of amides is 2. The van der Waals surface area contributed by atoms with E-state index < -0.39 is 42.3 Å². The van der Waals surface area contributed by atoms with Crippen molar-refractivity contribution < 1.29 is 32.6 Å². The summed E-state index contributed by atoms with van der Waals surface area (Å²) in [5, 5.41) is 13.9. The Kier molecular flexibility index (Phi) is 7.14. The lowest BCUT2D eigenvalue weighted by atomic mass is 10.1. The average Bonchev–Trinajstić information content (AvgIpc) is 2.21. The lowest BCUT2D eigenvalue weighted by Gasteiger charge is -2.27. The second-order valence-electron chi connectivity index (χ2n) is 6.18. The van der Waals surface area contributed by atoms with Gasteiger partial charge in [-0.15, -0.1) is 0 Å². The van der Waals surface area contributed by atoms with E-state index in [1.165, 1.54) is 20.8 Å². The Hall–Kier alpha value is -1.51. The van der Waals surface area contributed by atoms with Crippen LogP contribution in [0.3, 0.4) is 0 Å². The fraction of sp³-hybridized carbons (Fsp3) is 0.846. The highest BCUT2D eigenvalue weighted by molar-refractivity contribution is 5.82. The zero-order chi connectivity index (χ0) is 17.7. The summed E-state index contributed by atoms with van der Waals surface area (Å²) in [6, 6.07) is -2.20. The van der Waals surface area contributed by atoms with Gasteiger partial charge in [0.15, 0.2) is 6.10 Å². The van der Waals surface area contributed by atoms with Crippen LogP contribution in [0.5, 0.6) is 0 Å². The molecule has 0 bridgehead atoms. The molecule has 2 unspecified atom stereocenters. The van der Waals surface area contributed by atoms with Crippen molar-refractivity contribution in [3.8, 4) is 0 Å². The summed E-state index contributed by atoms with van der Waals surface area (Å²) in [7, 11) is 0. The van der Waals surface area contributed by atoms with Gasteiger partial charge in [-0.25, -0.2) is 4.79 Å². The largest absolute Gasteiger partial charge is 0.444 e.